The molecule has 16 heavy (non-hydrogen) atoms. The van der Waals surface area contributed by atoms with E-state index < -0.39 is 23.5 Å². The van der Waals surface area contributed by atoms with E-state index in [1.165, 1.54) is 6.92 Å². The van der Waals surface area contributed by atoms with Crippen LogP contribution in [0.3, 0.4) is 0 Å². The quantitative estimate of drug-likeness (QED) is 0.410. The van der Waals surface area contributed by atoms with E-state index in [-0.39, 0.29) is 0 Å². The van der Waals surface area contributed by atoms with Crippen molar-refractivity contribution < 1.29 is 46.4 Å². The average Bonchev–Trinajstić information content (AvgIpc) is 1.93. The fraction of sp³-hybridized carbons (Fsp3) is 0.333. The molecule has 0 rings (SSSR count). The molecule has 94 valence electrons. The lowest BCUT2D eigenvalue weighted by Gasteiger charge is -2.13. The molecule has 2 atom stereocenters. The summed E-state index contributed by atoms with van der Waals surface area (Å²) in [5.74, 6) is 2.01. The van der Waals surface area contributed by atoms with Crippen LogP contribution in [0.15, 0.2) is 0 Å². The van der Waals surface area contributed by atoms with Gasteiger partial charge in [0.1, 0.15) is 6.11 Å². The van der Waals surface area contributed by atoms with Crippen LogP contribution in [0.5, 0.6) is 0 Å². The van der Waals surface area contributed by atoms with Crippen LogP contribution in [0.25, 0.3) is 0 Å². The summed E-state index contributed by atoms with van der Waals surface area (Å²) < 4.78 is 42.3. The van der Waals surface area contributed by atoms with Gasteiger partial charge < -0.3 is 19.2 Å². The summed E-state index contributed by atoms with van der Waals surface area (Å²) in [6, 6.07) is 0. The van der Waals surface area contributed by atoms with Crippen molar-refractivity contribution in [2.45, 2.75) is 6.92 Å². The Kier molecular flexibility index (Phi) is 5.36. The minimum atomic E-state index is -5.44. The lowest BCUT2D eigenvalue weighted by atomic mass is 10.8. The first kappa shape index (κ1) is 15.8. The molecule has 0 aliphatic heterocycles. The van der Waals surface area contributed by atoms with Gasteiger partial charge in [0.2, 0.25) is 0 Å². The Morgan fingerprint density at radius 2 is 1.44 bits per heavy atom. The Hall–Kier alpha value is -0.190. The second kappa shape index (κ2) is 5.43. The molecule has 10 nitrogen and oxygen atoms in total. The van der Waals surface area contributed by atoms with Gasteiger partial charge >= 0.3 is 23.5 Å². The molecule has 0 bridgehead atoms. The van der Waals surface area contributed by atoms with Gasteiger partial charge in [0.15, 0.2) is 0 Å². The predicted octanol–water partition coefficient (Wildman–Crippen LogP) is 0.310. The zero-order valence-electron chi connectivity index (χ0n) is 7.58. The first-order valence-corrected chi connectivity index (χ1v) is 7.74. The number of rotatable bonds is 5. The van der Waals surface area contributed by atoms with Gasteiger partial charge in [0, 0.05) is 6.92 Å². The van der Waals surface area contributed by atoms with Crippen LogP contribution in [0.2, 0.25) is 0 Å². The summed E-state index contributed by atoms with van der Waals surface area (Å²) >= 11 is 0. The summed E-state index contributed by atoms with van der Waals surface area (Å²) in [6.07, 6.45) is 1.60. The van der Waals surface area contributed by atoms with Crippen LogP contribution in [-0.4, -0.2) is 19.6 Å². The zero-order chi connectivity index (χ0) is 13.0. The van der Waals surface area contributed by atoms with E-state index in [0.717, 1.165) is 0 Å². The molecule has 4 N–H and O–H groups in total. The van der Waals surface area contributed by atoms with Gasteiger partial charge in [-0.05, 0) is 0 Å². The number of phosphoric acid groups is 3. The van der Waals surface area contributed by atoms with E-state index in [1.807, 2.05) is 5.92 Å². The molecule has 0 aliphatic rings. The smallest absolute Gasteiger partial charge is 0.350 e. The average molecular weight is 296 g/mol. The lowest BCUT2D eigenvalue weighted by molar-refractivity contribution is 0.203. The molecule has 0 aromatic heterocycles. The molecule has 0 heterocycles. The largest absolute Gasteiger partial charge is 0.544 e. The number of phosphoric ester groups is 1. The highest BCUT2D eigenvalue weighted by atomic mass is 31.3. The molecule has 13 heteroatoms. The van der Waals surface area contributed by atoms with Gasteiger partial charge in [-0.15, -0.1) is 0 Å². The summed E-state index contributed by atoms with van der Waals surface area (Å²) in [7, 11) is -15.9. The van der Waals surface area contributed by atoms with Crippen molar-refractivity contribution in [3.05, 3.63) is 0 Å². The Balaban J connectivity index is 4.69. The van der Waals surface area contributed by atoms with Crippen molar-refractivity contribution in [1.82, 2.24) is 0 Å². The molecule has 0 fully saturated rings. The predicted molar refractivity (Wildman–Crippen MR) is 48.4 cm³/mol. The van der Waals surface area contributed by atoms with Gasteiger partial charge in [0.05, 0.1) is 0 Å². The molecule has 0 aliphatic carbocycles. The Morgan fingerprint density at radius 1 is 0.938 bits per heavy atom. The third-order valence-electron chi connectivity index (χ3n) is 0.679. The third kappa shape index (κ3) is 8.02. The van der Waals surface area contributed by atoms with Gasteiger partial charge in [-0.2, -0.15) is 8.62 Å². The normalized spacial score (nSPS) is 18.8. The molecule has 0 saturated carbocycles. The van der Waals surface area contributed by atoms with Gasteiger partial charge in [-0.1, -0.05) is 5.92 Å². The topological polar surface area (TPSA) is 160 Å². The van der Waals surface area contributed by atoms with Crippen molar-refractivity contribution in [3.8, 4) is 12.0 Å². The molecule has 0 saturated heterocycles. The molecule has 0 amide bonds. The molecule has 0 aromatic carbocycles. The fourth-order valence-electron chi connectivity index (χ4n) is 0.400. The second-order valence-electron chi connectivity index (χ2n) is 2.03. The molecule has 0 radical (unpaired) electrons. The van der Waals surface area contributed by atoms with E-state index >= 15 is 0 Å². The third-order valence-corrected chi connectivity index (χ3v) is 4.33. The van der Waals surface area contributed by atoms with E-state index in [1.54, 1.807) is 6.11 Å². The number of hydrogen-bond donors (Lipinski definition) is 4. The monoisotopic (exact) mass is 296 g/mol. The maximum Gasteiger partial charge on any atom is 0.544 e. The highest BCUT2D eigenvalue weighted by Crippen LogP contribution is 2.66. The highest BCUT2D eigenvalue weighted by molar-refractivity contribution is 7.66. The lowest BCUT2D eigenvalue weighted by Crippen LogP contribution is -1.93. The molecule has 0 aromatic rings. The van der Waals surface area contributed by atoms with Crippen LogP contribution < -0.4 is 0 Å². The van der Waals surface area contributed by atoms with Crippen LogP contribution in [0, 0.1) is 12.0 Å². The SMILES string of the molecule is CC#COP(=O)(O)OP(=O)(O)OP(=O)(O)O. The maximum absolute atomic E-state index is 10.8. The van der Waals surface area contributed by atoms with Gasteiger partial charge in [-0.3, -0.25) is 4.89 Å². The van der Waals surface area contributed by atoms with E-state index in [2.05, 4.69) is 13.1 Å². The maximum atomic E-state index is 10.8. The van der Waals surface area contributed by atoms with Crippen molar-refractivity contribution in [1.29, 1.82) is 0 Å². The molecular formula is C3H7O10P3. The zero-order valence-corrected chi connectivity index (χ0v) is 10.3. The summed E-state index contributed by atoms with van der Waals surface area (Å²) in [5.41, 5.74) is 0. The van der Waals surface area contributed by atoms with Crippen molar-refractivity contribution in [2.75, 3.05) is 0 Å². The molecule has 0 spiro atoms. The van der Waals surface area contributed by atoms with Crippen LogP contribution in [0.4, 0.5) is 0 Å². The standard InChI is InChI=1S/C3H7O10P3/c1-2-3-11-15(7,8)13-16(9,10)12-14(4,5)6/h1H3,(H,7,8)(H,9,10)(H2,4,5,6). The summed E-state index contributed by atoms with van der Waals surface area (Å²) in [6.45, 7) is 1.23. The van der Waals surface area contributed by atoms with E-state index in [4.69, 9.17) is 19.6 Å². The first-order chi connectivity index (χ1) is 6.97. The van der Waals surface area contributed by atoms with Crippen LogP contribution in [-0.2, 0) is 26.8 Å². The van der Waals surface area contributed by atoms with Gasteiger partial charge in [0.25, 0.3) is 0 Å². The van der Waals surface area contributed by atoms with Crippen molar-refractivity contribution in [2.24, 2.45) is 0 Å². The minimum Gasteiger partial charge on any atom is -0.350 e. The Labute approximate surface area is 89.6 Å². The minimum absolute atomic E-state index is 1.23. The van der Waals surface area contributed by atoms with Crippen molar-refractivity contribution in [3.63, 3.8) is 0 Å². The Bertz CT molecular complexity index is 436. The van der Waals surface area contributed by atoms with Crippen molar-refractivity contribution >= 4 is 23.5 Å². The Morgan fingerprint density at radius 3 is 1.81 bits per heavy atom. The number of hydrogen-bond acceptors (Lipinski definition) is 6. The van der Waals surface area contributed by atoms with Crippen LogP contribution in [0.1, 0.15) is 6.92 Å². The van der Waals surface area contributed by atoms with E-state index in [0.29, 0.717) is 0 Å². The molecular weight excluding hydrogens is 289 g/mol. The highest BCUT2D eigenvalue weighted by Gasteiger charge is 2.41. The molecule has 2 unspecified atom stereocenters. The van der Waals surface area contributed by atoms with Gasteiger partial charge in [-0.25, -0.2) is 13.7 Å². The fourth-order valence-corrected chi connectivity index (χ4v) is 3.25. The van der Waals surface area contributed by atoms with Crippen LogP contribution >= 0.6 is 23.5 Å². The second-order valence-corrected chi connectivity index (χ2v) is 6.38. The first-order valence-electron chi connectivity index (χ1n) is 3.21. The summed E-state index contributed by atoms with van der Waals surface area (Å²) in [5, 5.41) is 0. The summed E-state index contributed by atoms with van der Waals surface area (Å²) in [4.78, 5) is 33.7. The van der Waals surface area contributed by atoms with E-state index in [9.17, 15) is 13.7 Å².